The van der Waals surface area contributed by atoms with Crippen LogP contribution in [0.4, 0.5) is 22.7 Å². The van der Waals surface area contributed by atoms with Crippen molar-refractivity contribution in [3.63, 3.8) is 0 Å². The van der Waals surface area contributed by atoms with Gasteiger partial charge in [-0.2, -0.15) is 0 Å². The van der Waals surface area contributed by atoms with E-state index in [1.54, 1.807) is 6.07 Å². The Morgan fingerprint density at radius 3 is 2.21 bits per heavy atom. The van der Waals surface area contributed by atoms with Crippen molar-refractivity contribution in [1.82, 2.24) is 0 Å². The van der Waals surface area contributed by atoms with E-state index in [-0.39, 0.29) is 11.8 Å². The average molecular weight is 961 g/mol. The fourth-order valence-corrected chi connectivity index (χ4v) is 12.5. The fourth-order valence-electron chi connectivity index (χ4n) is 12.5. The van der Waals surface area contributed by atoms with Gasteiger partial charge in [0.15, 0.2) is 11.3 Å². The molecule has 0 radical (unpaired) electrons. The molecule has 0 unspecified atom stereocenters. The number of para-hydroxylation sites is 3. The Balaban J connectivity index is 0.00000284. The molecule has 2 heterocycles. The van der Waals surface area contributed by atoms with Crippen molar-refractivity contribution in [2.45, 2.75) is 103 Å². The average Bonchev–Trinajstić information content (AvgIpc) is 3.86. The molecule has 2 fully saturated rings. The Hall–Kier alpha value is -7.50. The van der Waals surface area contributed by atoms with Crippen LogP contribution in [0.15, 0.2) is 187 Å². The first-order valence-corrected chi connectivity index (χ1v) is 27.1. The van der Waals surface area contributed by atoms with Crippen molar-refractivity contribution in [2.24, 2.45) is 5.92 Å². The molecule has 1 aromatic heterocycles. The van der Waals surface area contributed by atoms with E-state index in [1.165, 1.54) is 102 Å². The zero-order valence-corrected chi connectivity index (χ0v) is 42.9. The number of furan rings is 1. The fraction of sp³-hybridized carbons (Fsp3) is 0.265. The molecule has 1 atom stereocenters. The van der Waals surface area contributed by atoms with Crippen LogP contribution < -0.4 is 19.8 Å². The van der Waals surface area contributed by atoms with Gasteiger partial charge in [0.1, 0.15) is 17.9 Å². The van der Waals surface area contributed by atoms with E-state index in [2.05, 4.69) is 156 Å². The Bertz CT molecular complexity index is 3570. The number of nitrogens with zero attached hydrogens (tertiary/aromatic N) is 2. The molecule has 0 spiro atoms. The predicted octanol–water partition coefficient (Wildman–Crippen LogP) is 18.7. The summed E-state index contributed by atoms with van der Waals surface area (Å²) in [4.78, 5) is 4.70. The van der Waals surface area contributed by atoms with Crippen LogP contribution in [0.25, 0.3) is 55.1 Å². The van der Waals surface area contributed by atoms with Crippen LogP contribution in [-0.4, -0.2) is 11.7 Å². The second-order valence-corrected chi connectivity index (χ2v) is 20.2. The highest BCUT2D eigenvalue weighted by Crippen LogP contribution is 2.50. The van der Waals surface area contributed by atoms with E-state index in [0.29, 0.717) is 18.4 Å². The Kier molecular flexibility index (Phi) is 13.7. The standard InChI is InChI=1S/C66H62N2O3.C2H6/c1-4-5-8-19-44(3)67(60-31-16-27-52-43(2)18-13-24-49(42-70-65(52)60)45-20-9-6-10-21-45)58-39-35-47-34-38-57-59(40-36-48-33-37-56(58)62(47)63(48)57)68(50-25-14-26-51(69)41-50)61-32-17-30-55-54-29-15-28-53(64(54)71-66(55)61)46-22-11-7-12-23-46;1-2/h4-5,8,13-19,24-38,40-41,45-46,58,69H,2-3,6-7,9-12,20-23,39,42H2,1H3;1-2H3/b5-4+,18-13-,19-8-,49-24+;/t58-;/m0./s1. The number of hydrogen-bond acceptors (Lipinski definition) is 5. The molecule has 73 heavy (non-hydrogen) atoms. The maximum absolute atomic E-state index is 11.1. The zero-order valence-electron chi connectivity index (χ0n) is 42.9. The summed E-state index contributed by atoms with van der Waals surface area (Å²) in [5.41, 5.74) is 12.3. The number of benzene rings is 7. The van der Waals surface area contributed by atoms with Gasteiger partial charge < -0.3 is 24.1 Å². The lowest BCUT2D eigenvalue weighted by Crippen LogP contribution is -2.30. The van der Waals surface area contributed by atoms with Crippen LogP contribution in [0.3, 0.4) is 0 Å². The minimum absolute atomic E-state index is 0.103. The van der Waals surface area contributed by atoms with Crippen LogP contribution in [0.1, 0.15) is 120 Å². The molecule has 3 aliphatic carbocycles. The minimum atomic E-state index is -0.103. The lowest BCUT2D eigenvalue weighted by atomic mass is 9.83. The summed E-state index contributed by atoms with van der Waals surface area (Å²) in [5, 5.41) is 19.3. The molecule has 7 aromatic carbocycles. The third-order valence-corrected chi connectivity index (χ3v) is 16.0. The highest BCUT2D eigenvalue weighted by Gasteiger charge is 2.32. The normalized spacial score (nSPS) is 18.6. The van der Waals surface area contributed by atoms with E-state index in [1.807, 2.05) is 39.0 Å². The van der Waals surface area contributed by atoms with E-state index in [0.717, 1.165) is 79.1 Å². The van der Waals surface area contributed by atoms with Crippen LogP contribution in [-0.2, 0) is 0 Å². The van der Waals surface area contributed by atoms with Gasteiger partial charge in [0, 0.05) is 39.2 Å². The van der Waals surface area contributed by atoms with Gasteiger partial charge in [-0.1, -0.05) is 187 Å². The van der Waals surface area contributed by atoms with Gasteiger partial charge in [-0.3, -0.25) is 0 Å². The summed E-state index contributed by atoms with van der Waals surface area (Å²) in [6, 6.07) is 40.9. The highest BCUT2D eigenvalue weighted by molar-refractivity contribution is 6.19. The molecule has 368 valence electrons. The Labute approximate surface area is 431 Å². The summed E-state index contributed by atoms with van der Waals surface area (Å²) in [6.45, 7) is 15.9. The van der Waals surface area contributed by atoms with Crippen molar-refractivity contribution < 1.29 is 14.3 Å². The molecule has 8 aromatic rings. The monoisotopic (exact) mass is 961 g/mol. The summed E-state index contributed by atoms with van der Waals surface area (Å²) in [6.07, 6.45) is 30.5. The molecule has 5 nitrogen and oxygen atoms in total. The quantitative estimate of drug-likeness (QED) is 0.138. The first-order chi connectivity index (χ1) is 35.9. The smallest absolute Gasteiger partial charge is 0.159 e. The summed E-state index contributed by atoms with van der Waals surface area (Å²) in [7, 11) is 0. The Morgan fingerprint density at radius 2 is 1.41 bits per heavy atom. The van der Waals surface area contributed by atoms with Crippen molar-refractivity contribution in [3.8, 4) is 11.5 Å². The molecule has 1 aliphatic heterocycles. The van der Waals surface area contributed by atoms with Gasteiger partial charge in [0.05, 0.1) is 23.1 Å². The van der Waals surface area contributed by atoms with Crippen LogP contribution in [0.5, 0.6) is 11.5 Å². The summed E-state index contributed by atoms with van der Waals surface area (Å²) < 4.78 is 14.3. The maximum Gasteiger partial charge on any atom is 0.159 e. The van der Waals surface area contributed by atoms with Gasteiger partial charge in [0.2, 0.25) is 0 Å². The number of aromatic hydroxyl groups is 1. The van der Waals surface area contributed by atoms with Crippen molar-refractivity contribution in [3.05, 3.63) is 204 Å². The second-order valence-electron chi connectivity index (χ2n) is 20.2. The second kappa shape index (κ2) is 20.9. The van der Waals surface area contributed by atoms with Crippen LogP contribution in [0.2, 0.25) is 0 Å². The first-order valence-electron chi connectivity index (χ1n) is 27.1. The summed E-state index contributed by atoms with van der Waals surface area (Å²) in [5.74, 6) is 2.07. The van der Waals surface area contributed by atoms with E-state index in [9.17, 15) is 5.11 Å². The SMILES string of the molecule is C=C1/C=C\C=C(\C2CCCCC2)COc2c1cccc2N(C(=C)/C=C\C=C\C)[C@H]1CC=c2ccc3c(N(c4cccc(O)c4)c4cccc5c4oc4c(C6CCCCC6)cccc45)ccc4ccc1c2c43.CC. The van der Waals surface area contributed by atoms with Crippen molar-refractivity contribution >= 4 is 77.9 Å². The number of hydrogen-bond donors (Lipinski definition) is 1. The number of allylic oxidation sites excluding steroid dienone is 8. The highest BCUT2D eigenvalue weighted by atomic mass is 16.5. The zero-order chi connectivity index (χ0) is 50.0. The van der Waals surface area contributed by atoms with Crippen molar-refractivity contribution in [2.75, 3.05) is 16.4 Å². The lowest BCUT2D eigenvalue weighted by Gasteiger charge is -2.38. The number of fused-ring (bicyclic) bond motifs is 4. The largest absolute Gasteiger partial charge is 0.508 e. The van der Waals surface area contributed by atoms with Gasteiger partial charge >= 0.3 is 0 Å². The molecular formula is C68H68N2O3. The number of rotatable bonds is 10. The molecule has 1 N–H and O–H groups in total. The molecule has 0 amide bonds. The summed E-state index contributed by atoms with van der Waals surface area (Å²) >= 11 is 0. The third kappa shape index (κ3) is 8.87. The first kappa shape index (κ1) is 47.8. The lowest BCUT2D eigenvalue weighted by molar-refractivity contribution is 0.309. The van der Waals surface area contributed by atoms with Crippen LogP contribution >= 0.6 is 0 Å². The van der Waals surface area contributed by atoms with E-state index in [4.69, 9.17) is 15.7 Å². The molecule has 4 aliphatic rings. The molecule has 12 rings (SSSR count). The predicted molar refractivity (Wildman–Crippen MR) is 310 cm³/mol. The van der Waals surface area contributed by atoms with Gasteiger partial charge in [-0.05, 0) is 131 Å². The molecule has 5 heteroatoms. The number of phenolic OH excluding ortho intramolecular Hbond substituents is 1. The number of phenols is 1. The molecule has 0 bridgehead atoms. The number of ether oxygens (including phenoxy) is 1. The van der Waals surface area contributed by atoms with Gasteiger partial charge in [-0.25, -0.2) is 0 Å². The number of anilines is 4. The topological polar surface area (TPSA) is 49.1 Å². The van der Waals surface area contributed by atoms with Crippen LogP contribution in [0, 0.1) is 5.92 Å². The molecule has 0 saturated heterocycles. The van der Waals surface area contributed by atoms with Crippen molar-refractivity contribution in [1.29, 1.82) is 0 Å². The van der Waals surface area contributed by atoms with Gasteiger partial charge in [0.25, 0.3) is 0 Å². The van der Waals surface area contributed by atoms with Gasteiger partial charge in [-0.15, -0.1) is 0 Å². The van der Waals surface area contributed by atoms with E-state index >= 15 is 0 Å². The third-order valence-electron chi connectivity index (χ3n) is 16.0. The maximum atomic E-state index is 11.1. The minimum Gasteiger partial charge on any atom is -0.508 e. The molecular weight excluding hydrogens is 893 g/mol. The molecule has 2 saturated carbocycles. The van der Waals surface area contributed by atoms with E-state index < -0.39 is 0 Å². The Morgan fingerprint density at radius 1 is 0.685 bits per heavy atom.